The summed E-state index contributed by atoms with van der Waals surface area (Å²) >= 11 is 9.53. The molecular formula is C26H27ClN2O2S2. The third-order valence-corrected chi connectivity index (χ3v) is 9.53. The van der Waals surface area contributed by atoms with Gasteiger partial charge in [-0.3, -0.25) is 9.59 Å². The number of ketones is 1. The Kier molecular flexibility index (Phi) is 6.27. The van der Waals surface area contributed by atoms with Gasteiger partial charge in [-0.1, -0.05) is 50.4 Å². The molecule has 1 fully saturated rings. The predicted molar refractivity (Wildman–Crippen MR) is 136 cm³/mol. The highest BCUT2D eigenvalue weighted by Gasteiger charge is 2.37. The summed E-state index contributed by atoms with van der Waals surface area (Å²) in [6.07, 6.45) is 8.44. The second-order valence-corrected chi connectivity index (χ2v) is 12.9. The average Bonchev–Trinajstić information content (AvgIpc) is 3.49. The van der Waals surface area contributed by atoms with Gasteiger partial charge in [-0.2, -0.15) is 5.10 Å². The van der Waals surface area contributed by atoms with Crippen LogP contribution in [0.1, 0.15) is 72.2 Å². The van der Waals surface area contributed by atoms with E-state index in [1.165, 1.54) is 30.4 Å². The van der Waals surface area contributed by atoms with Gasteiger partial charge in [-0.05, 0) is 54.0 Å². The Bertz CT molecular complexity index is 1200. The molecule has 0 aliphatic heterocycles. The molecule has 2 aliphatic carbocycles. The van der Waals surface area contributed by atoms with E-state index in [4.69, 9.17) is 11.6 Å². The van der Waals surface area contributed by atoms with E-state index in [1.807, 2.05) is 30.0 Å². The molecule has 3 aromatic rings. The minimum Gasteiger partial charge on any atom is -0.294 e. The molecule has 0 amide bonds. The molecule has 0 saturated heterocycles. The number of carbonyl (C=O) groups is 2. The molecule has 1 aromatic carbocycles. The number of halogens is 1. The number of carbonyl (C=O) groups excluding carboxylic acids is 2. The van der Waals surface area contributed by atoms with Gasteiger partial charge in [0.2, 0.25) is 0 Å². The molecule has 1 saturated carbocycles. The van der Waals surface area contributed by atoms with E-state index in [2.05, 4.69) is 18.9 Å². The molecule has 2 aromatic heterocycles. The summed E-state index contributed by atoms with van der Waals surface area (Å²) < 4.78 is 2.57. The summed E-state index contributed by atoms with van der Waals surface area (Å²) in [5, 5.41) is 5.90. The third kappa shape index (κ3) is 4.84. The van der Waals surface area contributed by atoms with Crippen LogP contribution in [-0.4, -0.2) is 26.7 Å². The van der Waals surface area contributed by atoms with Gasteiger partial charge < -0.3 is 0 Å². The van der Waals surface area contributed by atoms with Crippen molar-refractivity contribution in [2.24, 2.45) is 5.41 Å². The Hall–Kier alpha value is -1.89. The van der Waals surface area contributed by atoms with Gasteiger partial charge in [0.25, 0.3) is 5.91 Å². The topological polar surface area (TPSA) is 52.0 Å². The minimum atomic E-state index is -0.0917. The van der Waals surface area contributed by atoms with E-state index in [-0.39, 0.29) is 23.5 Å². The Morgan fingerprint density at radius 2 is 1.91 bits per heavy atom. The fraction of sp³-hybridized carbons (Fsp3) is 0.423. The van der Waals surface area contributed by atoms with E-state index in [0.717, 1.165) is 37.9 Å². The van der Waals surface area contributed by atoms with E-state index in [0.29, 0.717) is 16.7 Å². The van der Waals surface area contributed by atoms with Crippen LogP contribution in [0.15, 0.2) is 40.7 Å². The minimum absolute atomic E-state index is 0.0673. The predicted octanol–water partition coefficient (Wildman–Crippen LogP) is 7.34. The van der Waals surface area contributed by atoms with Gasteiger partial charge in [-0.25, -0.2) is 4.68 Å². The van der Waals surface area contributed by atoms with Crippen molar-refractivity contribution in [3.63, 3.8) is 0 Å². The summed E-state index contributed by atoms with van der Waals surface area (Å²) in [7, 11) is 0. The lowest BCUT2D eigenvalue weighted by atomic mass is 9.74. The SMILES string of the molecule is CC1(C)CC(=O)c2c(SC3CCCC3)sc(-c3ccn(C(=O)Cc4ccc(Cl)cc4)n3)c2C1. The maximum Gasteiger partial charge on any atom is 0.251 e. The first-order chi connectivity index (χ1) is 15.8. The lowest BCUT2D eigenvalue weighted by Crippen LogP contribution is -2.26. The first kappa shape index (κ1) is 22.9. The molecule has 172 valence electrons. The average molecular weight is 499 g/mol. The zero-order chi connectivity index (χ0) is 23.2. The summed E-state index contributed by atoms with van der Waals surface area (Å²) in [6, 6.07) is 9.21. The number of fused-ring (bicyclic) bond motifs is 1. The second-order valence-electron chi connectivity index (χ2n) is 9.88. The van der Waals surface area contributed by atoms with Crippen molar-refractivity contribution >= 4 is 46.4 Å². The van der Waals surface area contributed by atoms with Crippen molar-refractivity contribution in [3.8, 4) is 10.6 Å². The second kappa shape index (κ2) is 9.05. The summed E-state index contributed by atoms with van der Waals surface area (Å²) in [6.45, 7) is 4.32. The van der Waals surface area contributed by atoms with E-state index < -0.39 is 0 Å². The number of thioether (sulfide) groups is 1. The maximum absolute atomic E-state index is 13.2. The van der Waals surface area contributed by atoms with Crippen molar-refractivity contribution in [2.75, 3.05) is 0 Å². The number of aromatic nitrogens is 2. The van der Waals surface area contributed by atoms with Gasteiger partial charge in [-0.15, -0.1) is 23.1 Å². The first-order valence-electron chi connectivity index (χ1n) is 11.5. The largest absolute Gasteiger partial charge is 0.294 e. The summed E-state index contributed by atoms with van der Waals surface area (Å²) in [5.74, 6) is 0.161. The molecule has 7 heteroatoms. The number of benzene rings is 1. The van der Waals surface area contributed by atoms with E-state index >= 15 is 0 Å². The molecule has 0 unspecified atom stereocenters. The number of hydrogen-bond acceptors (Lipinski definition) is 5. The maximum atomic E-state index is 13.2. The molecular weight excluding hydrogens is 472 g/mol. The highest BCUT2D eigenvalue weighted by molar-refractivity contribution is 8.01. The van der Waals surface area contributed by atoms with Crippen LogP contribution in [0.2, 0.25) is 5.02 Å². The standard InChI is InChI=1S/C26H27ClN2O2S2/c1-26(2)14-19-23(21(30)15-26)25(32-18-5-3-4-6-18)33-24(19)20-11-12-29(28-20)22(31)13-16-7-9-17(27)10-8-16/h7-12,18H,3-6,13-15H2,1-2H3. The summed E-state index contributed by atoms with van der Waals surface area (Å²) in [5.41, 5.74) is 3.66. The third-order valence-electron chi connectivity index (χ3n) is 6.47. The van der Waals surface area contributed by atoms with E-state index in [1.54, 1.807) is 29.7 Å². The fourth-order valence-corrected chi connectivity index (χ4v) is 8.08. The van der Waals surface area contributed by atoms with Crippen molar-refractivity contribution in [1.29, 1.82) is 0 Å². The molecule has 2 heterocycles. The highest BCUT2D eigenvalue weighted by Crippen LogP contribution is 2.50. The molecule has 0 atom stereocenters. The number of rotatable bonds is 5. The van der Waals surface area contributed by atoms with Crippen molar-refractivity contribution < 1.29 is 9.59 Å². The zero-order valence-corrected chi connectivity index (χ0v) is 21.3. The van der Waals surface area contributed by atoms with Gasteiger partial charge in [0.05, 0.1) is 15.5 Å². The molecule has 33 heavy (non-hydrogen) atoms. The van der Waals surface area contributed by atoms with Gasteiger partial charge in [0.1, 0.15) is 5.69 Å². The van der Waals surface area contributed by atoms with Crippen molar-refractivity contribution in [1.82, 2.24) is 9.78 Å². The zero-order valence-electron chi connectivity index (χ0n) is 18.9. The molecule has 2 aliphatic rings. The Morgan fingerprint density at radius 3 is 2.64 bits per heavy atom. The normalized spacial score (nSPS) is 18.0. The lowest BCUT2D eigenvalue weighted by Gasteiger charge is -2.29. The summed E-state index contributed by atoms with van der Waals surface area (Å²) in [4.78, 5) is 27.1. The number of nitrogens with zero attached hydrogens (tertiary/aromatic N) is 2. The first-order valence-corrected chi connectivity index (χ1v) is 13.6. The highest BCUT2D eigenvalue weighted by atomic mass is 35.5. The van der Waals surface area contributed by atoms with Gasteiger partial charge >= 0.3 is 0 Å². The molecule has 0 spiro atoms. The Labute approximate surface area is 207 Å². The molecule has 4 nitrogen and oxygen atoms in total. The van der Waals surface area contributed by atoms with Crippen molar-refractivity contribution in [3.05, 3.63) is 58.2 Å². The van der Waals surface area contributed by atoms with Crippen LogP contribution in [0, 0.1) is 5.41 Å². The fourth-order valence-electron chi connectivity index (χ4n) is 4.85. The quantitative estimate of drug-likeness (QED) is 0.369. The monoisotopic (exact) mass is 498 g/mol. The van der Waals surface area contributed by atoms with Crippen LogP contribution in [0.4, 0.5) is 0 Å². The van der Waals surface area contributed by atoms with Gasteiger partial charge in [0.15, 0.2) is 5.78 Å². The van der Waals surface area contributed by atoms with Gasteiger partial charge in [0, 0.05) is 28.5 Å². The van der Waals surface area contributed by atoms with Crippen LogP contribution < -0.4 is 0 Å². The Morgan fingerprint density at radius 1 is 1.18 bits per heavy atom. The van der Waals surface area contributed by atoms with Crippen LogP contribution in [0.25, 0.3) is 10.6 Å². The van der Waals surface area contributed by atoms with Crippen LogP contribution in [-0.2, 0) is 12.8 Å². The van der Waals surface area contributed by atoms with E-state index in [9.17, 15) is 9.59 Å². The number of Topliss-reactive ketones (excluding diaryl/α,β-unsaturated/α-hetero) is 1. The molecule has 0 N–H and O–H groups in total. The molecule has 0 radical (unpaired) electrons. The number of hydrogen-bond donors (Lipinski definition) is 0. The molecule has 5 rings (SSSR count). The molecule has 0 bridgehead atoms. The lowest BCUT2D eigenvalue weighted by molar-refractivity contribution is 0.0893. The van der Waals surface area contributed by atoms with Crippen LogP contribution in [0.5, 0.6) is 0 Å². The van der Waals surface area contributed by atoms with Crippen LogP contribution in [0.3, 0.4) is 0 Å². The van der Waals surface area contributed by atoms with Crippen molar-refractivity contribution in [2.45, 2.75) is 68.3 Å². The smallest absolute Gasteiger partial charge is 0.251 e. The van der Waals surface area contributed by atoms with Crippen LogP contribution >= 0.6 is 34.7 Å². The Balaban J connectivity index is 1.46. The number of thiophene rings is 1.